The summed E-state index contributed by atoms with van der Waals surface area (Å²) >= 11 is 0. The van der Waals surface area contributed by atoms with Crippen molar-refractivity contribution in [2.24, 2.45) is 5.41 Å². The van der Waals surface area contributed by atoms with Crippen LogP contribution in [0.15, 0.2) is 18.3 Å². The van der Waals surface area contributed by atoms with E-state index in [1.54, 1.807) is 4.90 Å². The van der Waals surface area contributed by atoms with Gasteiger partial charge in [-0.2, -0.15) is 13.2 Å². The van der Waals surface area contributed by atoms with E-state index in [-0.39, 0.29) is 11.1 Å². The van der Waals surface area contributed by atoms with Crippen LogP contribution in [0.5, 0.6) is 0 Å². The van der Waals surface area contributed by atoms with Gasteiger partial charge in [-0.1, -0.05) is 13.8 Å². The van der Waals surface area contributed by atoms with E-state index in [0.717, 1.165) is 6.20 Å². The smallest absolute Gasteiger partial charge is 0.393 e. The molecule has 3 nitrogen and oxygen atoms in total. The zero-order valence-electron chi connectivity index (χ0n) is 11.6. The summed E-state index contributed by atoms with van der Waals surface area (Å²) in [4.78, 5) is 5.18. The van der Waals surface area contributed by atoms with Crippen molar-refractivity contribution >= 4 is 5.69 Å². The number of halogens is 3. The number of anilines is 1. The first kappa shape index (κ1) is 15.1. The van der Waals surface area contributed by atoms with Crippen molar-refractivity contribution in [2.75, 3.05) is 18.0 Å². The zero-order valence-corrected chi connectivity index (χ0v) is 11.6. The highest BCUT2D eigenvalue weighted by Crippen LogP contribution is 2.37. The van der Waals surface area contributed by atoms with E-state index in [2.05, 4.69) is 4.98 Å². The molecule has 1 aromatic rings. The van der Waals surface area contributed by atoms with Gasteiger partial charge in [-0.05, 0) is 30.4 Å². The van der Waals surface area contributed by atoms with Gasteiger partial charge in [0, 0.05) is 19.3 Å². The van der Waals surface area contributed by atoms with Crippen molar-refractivity contribution in [3.05, 3.63) is 24.0 Å². The molecule has 1 fully saturated rings. The van der Waals surface area contributed by atoms with Crippen LogP contribution in [0.3, 0.4) is 0 Å². The Morgan fingerprint density at radius 2 is 2.10 bits per heavy atom. The van der Waals surface area contributed by atoms with E-state index in [9.17, 15) is 18.3 Å². The first-order valence-electron chi connectivity index (χ1n) is 6.64. The minimum atomic E-state index is -4.47. The molecule has 1 aliphatic rings. The number of aliphatic hydroxyl groups excluding tert-OH is 1. The summed E-state index contributed by atoms with van der Waals surface area (Å²) in [5.41, 5.74) is -0.997. The summed E-state index contributed by atoms with van der Waals surface area (Å²) in [5.74, 6) is 0. The predicted octanol–water partition coefficient (Wildman–Crippen LogP) is 3.09. The fourth-order valence-corrected chi connectivity index (χ4v) is 2.78. The monoisotopic (exact) mass is 288 g/mol. The van der Waals surface area contributed by atoms with Gasteiger partial charge < -0.3 is 10.0 Å². The van der Waals surface area contributed by atoms with E-state index in [1.807, 2.05) is 13.8 Å². The second-order valence-electron chi connectivity index (χ2n) is 6.10. The molecule has 0 saturated carbocycles. The van der Waals surface area contributed by atoms with Crippen molar-refractivity contribution in [3.63, 3.8) is 0 Å². The summed E-state index contributed by atoms with van der Waals surface area (Å²) in [5, 5.41) is 9.85. The van der Waals surface area contributed by atoms with Gasteiger partial charge in [0.1, 0.15) is 0 Å². The molecular formula is C14H19F3N2O. The minimum absolute atomic E-state index is 0.0992. The lowest BCUT2D eigenvalue weighted by atomic mass is 9.87. The van der Waals surface area contributed by atoms with Gasteiger partial charge in [0.15, 0.2) is 5.69 Å². The van der Waals surface area contributed by atoms with E-state index in [4.69, 9.17) is 0 Å². The Bertz CT molecular complexity index is 474. The number of alkyl halides is 3. The summed E-state index contributed by atoms with van der Waals surface area (Å²) in [6.07, 6.45) is -2.72. The topological polar surface area (TPSA) is 36.4 Å². The predicted molar refractivity (Wildman–Crippen MR) is 70.5 cm³/mol. The maximum atomic E-state index is 13.0. The van der Waals surface area contributed by atoms with Crippen LogP contribution in [-0.2, 0) is 6.18 Å². The summed E-state index contributed by atoms with van der Waals surface area (Å²) in [6.45, 7) is 4.79. The van der Waals surface area contributed by atoms with Crippen LogP contribution in [0.2, 0.25) is 0 Å². The Balaban J connectivity index is 2.36. The first-order chi connectivity index (χ1) is 9.19. The normalized spacial score (nSPS) is 23.5. The average molecular weight is 288 g/mol. The number of pyridine rings is 1. The Morgan fingerprint density at radius 1 is 1.40 bits per heavy atom. The van der Waals surface area contributed by atoms with Gasteiger partial charge in [0.25, 0.3) is 0 Å². The number of aromatic nitrogens is 1. The average Bonchev–Trinajstić information content (AvgIpc) is 2.45. The van der Waals surface area contributed by atoms with Crippen molar-refractivity contribution in [1.82, 2.24) is 4.98 Å². The lowest BCUT2D eigenvalue weighted by Crippen LogP contribution is -2.34. The standard InChI is InChI=1S/C14H19F3N2O/c1-13(2)8-10(20)5-7-19(9-13)11-4-3-6-18-12(11)14(15,16)17/h3-4,6,10,20H,5,7-9H2,1-2H3. The second-order valence-corrected chi connectivity index (χ2v) is 6.10. The third-order valence-electron chi connectivity index (χ3n) is 3.53. The third-order valence-corrected chi connectivity index (χ3v) is 3.53. The molecule has 2 heterocycles. The van der Waals surface area contributed by atoms with Crippen molar-refractivity contribution in [2.45, 2.75) is 39.0 Å². The number of aliphatic hydroxyl groups is 1. The molecule has 0 amide bonds. The third kappa shape index (κ3) is 3.42. The molecule has 0 spiro atoms. The maximum absolute atomic E-state index is 13.0. The Kier molecular flexibility index (Phi) is 3.95. The molecule has 0 bridgehead atoms. The molecule has 0 aromatic carbocycles. The van der Waals surface area contributed by atoms with Crippen LogP contribution in [0.1, 0.15) is 32.4 Å². The molecule has 1 aliphatic heterocycles. The van der Waals surface area contributed by atoms with Crippen molar-refractivity contribution < 1.29 is 18.3 Å². The molecule has 20 heavy (non-hydrogen) atoms. The highest BCUT2D eigenvalue weighted by molar-refractivity contribution is 5.52. The van der Waals surface area contributed by atoms with Crippen LogP contribution in [0, 0.1) is 5.41 Å². The number of rotatable bonds is 1. The molecule has 0 radical (unpaired) electrons. The maximum Gasteiger partial charge on any atom is 0.435 e. The molecule has 1 aromatic heterocycles. The van der Waals surface area contributed by atoms with Gasteiger partial charge in [0.2, 0.25) is 0 Å². The van der Waals surface area contributed by atoms with Crippen LogP contribution in [0.25, 0.3) is 0 Å². The fourth-order valence-electron chi connectivity index (χ4n) is 2.78. The zero-order chi connectivity index (χ0) is 15.0. The van der Waals surface area contributed by atoms with Crippen LogP contribution < -0.4 is 4.90 Å². The van der Waals surface area contributed by atoms with E-state index >= 15 is 0 Å². The number of hydrogen-bond acceptors (Lipinski definition) is 3. The van der Waals surface area contributed by atoms with Gasteiger partial charge in [-0.25, -0.2) is 4.98 Å². The Hall–Kier alpha value is -1.30. The molecule has 6 heteroatoms. The molecule has 1 N–H and O–H groups in total. The minimum Gasteiger partial charge on any atom is -0.393 e. The molecule has 0 aliphatic carbocycles. The fraction of sp³-hybridized carbons (Fsp3) is 0.643. The summed E-state index contributed by atoms with van der Waals surface area (Å²) < 4.78 is 39.1. The first-order valence-corrected chi connectivity index (χ1v) is 6.64. The highest BCUT2D eigenvalue weighted by atomic mass is 19.4. The summed E-state index contributed by atoms with van der Waals surface area (Å²) in [6, 6.07) is 2.96. The Morgan fingerprint density at radius 3 is 2.75 bits per heavy atom. The second kappa shape index (κ2) is 5.24. The molecule has 2 rings (SSSR count). The molecule has 1 unspecified atom stereocenters. The SMILES string of the molecule is CC1(C)CC(O)CCN(c2cccnc2C(F)(F)F)C1. The van der Waals surface area contributed by atoms with Crippen LogP contribution in [-0.4, -0.2) is 29.3 Å². The van der Waals surface area contributed by atoms with Crippen molar-refractivity contribution in [3.8, 4) is 0 Å². The van der Waals surface area contributed by atoms with Crippen LogP contribution in [0.4, 0.5) is 18.9 Å². The van der Waals surface area contributed by atoms with Gasteiger partial charge >= 0.3 is 6.18 Å². The highest BCUT2D eigenvalue weighted by Gasteiger charge is 2.38. The van der Waals surface area contributed by atoms with Gasteiger partial charge in [0.05, 0.1) is 11.8 Å². The van der Waals surface area contributed by atoms with E-state index in [1.165, 1.54) is 12.1 Å². The molecule has 1 saturated heterocycles. The lowest BCUT2D eigenvalue weighted by molar-refractivity contribution is -0.140. The number of hydrogen-bond donors (Lipinski definition) is 1. The lowest BCUT2D eigenvalue weighted by Gasteiger charge is -2.32. The van der Waals surface area contributed by atoms with Gasteiger partial charge in [-0.15, -0.1) is 0 Å². The quantitative estimate of drug-likeness (QED) is 0.862. The van der Waals surface area contributed by atoms with E-state index in [0.29, 0.717) is 25.9 Å². The summed E-state index contributed by atoms with van der Waals surface area (Å²) in [7, 11) is 0. The molecule has 1 atom stereocenters. The number of nitrogens with zero attached hydrogens (tertiary/aromatic N) is 2. The van der Waals surface area contributed by atoms with Crippen molar-refractivity contribution in [1.29, 1.82) is 0 Å². The van der Waals surface area contributed by atoms with Gasteiger partial charge in [-0.3, -0.25) is 0 Å². The molecular weight excluding hydrogens is 269 g/mol. The molecule has 112 valence electrons. The van der Waals surface area contributed by atoms with Crippen LogP contribution >= 0.6 is 0 Å². The Labute approximate surface area is 116 Å². The van der Waals surface area contributed by atoms with E-state index < -0.39 is 18.0 Å². The largest absolute Gasteiger partial charge is 0.435 e.